The number of hydrogen-bond acceptors (Lipinski definition) is 3. The minimum Gasteiger partial charge on any atom is -0.457 e. The van der Waals surface area contributed by atoms with Crippen LogP contribution in [0.15, 0.2) is 54.6 Å². The average molecular weight is 283 g/mol. The Morgan fingerprint density at radius 1 is 1.10 bits per heavy atom. The molecule has 0 aliphatic rings. The van der Waals surface area contributed by atoms with Gasteiger partial charge in [-0.05, 0) is 30.3 Å². The van der Waals surface area contributed by atoms with Crippen molar-refractivity contribution in [2.45, 2.75) is 6.42 Å². The Kier molecular flexibility index (Phi) is 4.93. The van der Waals surface area contributed by atoms with Gasteiger partial charge in [0.25, 0.3) is 5.91 Å². The van der Waals surface area contributed by atoms with Gasteiger partial charge in [0, 0.05) is 18.5 Å². The fourth-order valence-corrected chi connectivity index (χ4v) is 1.74. The summed E-state index contributed by atoms with van der Waals surface area (Å²) in [6, 6.07) is 16.3. The SMILES string of the molecule is N=C(N)CCNC(=O)c1cccc(Oc2ccccc2)c1. The molecule has 0 saturated carbocycles. The summed E-state index contributed by atoms with van der Waals surface area (Å²) in [6.07, 6.45) is 0.339. The van der Waals surface area contributed by atoms with Gasteiger partial charge < -0.3 is 15.8 Å². The van der Waals surface area contributed by atoms with Crippen molar-refractivity contribution in [2.24, 2.45) is 5.73 Å². The number of carbonyl (C=O) groups excluding carboxylic acids is 1. The molecule has 0 fully saturated rings. The zero-order valence-electron chi connectivity index (χ0n) is 11.5. The van der Waals surface area contributed by atoms with E-state index in [0.717, 1.165) is 0 Å². The number of carbonyl (C=O) groups is 1. The van der Waals surface area contributed by atoms with Crippen LogP contribution in [0.2, 0.25) is 0 Å². The van der Waals surface area contributed by atoms with E-state index in [1.807, 2.05) is 30.3 Å². The highest BCUT2D eigenvalue weighted by Crippen LogP contribution is 2.21. The van der Waals surface area contributed by atoms with E-state index < -0.39 is 0 Å². The van der Waals surface area contributed by atoms with E-state index in [2.05, 4.69) is 5.32 Å². The van der Waals surface area contributed by atoms with Crippen molar-refractivity contribution in [1.29, 1.82) is 5.41 Å². The molecule has 0 aliphatic heterocycles. The second-order valence-corrected chi connectivity index (χ2v) is 4.47. The predicted molar refractivity (Wildman–Crippen MR) is 81.8 cm³/mol. The number of nitrogens with two attached hydrogens (primary N) is 1. The summed E-state index contributed by atoms with van der Waals surface area (Å²) in [4.78, 5) is 12.0. The van der Waals surface area contributed by atoms with Crippen LogP contribution in [0.5, 0.6) is 11.5 Å². The summed E-state index contributed by atoms with van der Waals surface area (Å²) in [7, 11) is 0. The zero-order valence-corrected chi connectivity index (χ0v) is 11.5. The summed E-state index contributed by atoms with van der Waals surface area (Å²) in [5, 5.41) is 9.81. The van der Waals surface area contributed by atoms with Crippen LogP contribution in [-0.4, -0.2) is 18.3 Å². The molecule has 5 heteroatoms. The van der Waals surface area contributed by atoms with E-state index in [1.54, 1.807) is 24.3 Å². The van der Waals surface area contributed by atoms with Crippen molar-refractivity contribution in [2.75, 3.05) is 6.54 Å². The van der Waals surface area contributed by atoms with E-state index in [0.29, 0.717) is 30.0 Å². The highest BCUT2D eigenvalue weighted by atomic mass is 16.5. The maximum absolute atomic E-state index is 12.0. The minimum absolute atomic E-state index is 0.0523. The third kappa shape index (κ3) is 4.65. The van der Waals surface area contributed by atoms with Crippen molar-refractivity contribution in [3.05, 3.63) is 60.2 Å². The van der Waals surface area contributed by atoms with E-state index in [9.17, 15) is 4.79 Å². The summed E-state index contributed by atoms with van der Waals surface area (Å²) < 4.78 is 5.68. The molecule has 0 aliphatic carbocycles. The molecule has 0 bridgehead atoms. The Morgan fingerprint density at radius 3 is 2.52 bits per heavy atom. The summed E-state index contributed by atoms with van der Waals surface area (Å²) in [5.41, 5.74) is 5.75. The Bertz CT molecular complexity index is 626. The predicted octanol–water partition coefficient (Wildman–Crippen LogP) is 2.53. The van der Waals surface area contributed by atoms with Gasteiger partial charge in [-0.2, -0.15) is 0 Å². The highest BCUT2D eigenvalue weighted by Gasteiger charge is 2.06. The highest BCUT2D eigenvalue weighted by molar-refractivity contribution is 5.94. The molecule has 2 aromatic rings. The maximum Gasteiger partial charge on any atom is 0.251 e. The Labute approximate surface area is 123 Å². The second-order valence-electron chi connectivity index (χ2n) is 4.47. The van der Waals surface area contributed by atoms with Crippen LogP contribution >= 0.6 is 0 Å². The third-order valence-electron chi connectivity index (χ3n) is 2.76. The molecule has 4 N–H and O–H groups in total. The standard InChI is InChI=1S/C16H17N3O2/c17-15(18)9-10-19-16(20)12-5-4-8-14(11-12)21-13-6-2-1-3-7-13/h1-8,11H,9-10H2,(H3,17,18)(H,19,20). The number of benzene rings is 2. The topological polar surface area (TPSA) is 88.2 Å². The fourth-order valence-electron chi connectivity index (χ4n) is 1.74. The van der Waals surface area contributed by atoms with E-state index in [-0.39, 0.29) is 11.7 Å². The first-order chi connectivity index (χ1) is 10.1. The first-order valence-corrected chi connectivity index (χ1v) is 6.59. The Hall–Kier alpha value is -2.82. The van der Waals surface area contributed by atoms with Gasteiger partial charge in [-0.3, -0.25) is 10.2 Å². The lowest BCUT2D eigenvalue weighted by Gasteiger charge is -2.08. The Balaban J connectivity index is 2.00. The van der Waals surface area contributed by atoms with Crippen LogP contribution in [0.3, 0.4) is 0 Å². The maximum atomic E-state index is 12.0. The number of amides is 1. The normalized spacial score (nSPS) is 9.90. The van der Waals surface area contributed by atoms with Crippen LogP contribution in [0.4, 0.5) is 0 Å². The second kappa shape index (κ2) is 7.09. The molecule has 2 rings (SSSR count). The van der Waals surface area contributed by atoms with E-state index >= 15 is 0 Å². The van der Waals surface area contributed by atoms with Gasteiger partial charge in [-0.25, -0.2) is 0 Å². The summed E-state index contributed by atoms with van der Waals surface area (Å²) in [5.74, 6) is 1.15. The molecule has 2 aromatic carbocycles. The van der Waals surface area contributed by atoms with Gasteiger partial charge in [0.05, 0.1) is 5.84 Å². The van der Waals surface area contributed by atoms with Crippen molar-refractivity contribution in [3.8, 4) is 11.5 Å². The van der Waals surface area contributed by atoms with E-state index in [1.165, 1.54) is 0 Å². The van der Waals surface area contributed by atoms with Crippen LogP contribution in [0.25, 0.3) is 0 Å². The number of nitrogens with one attached hydrogen (secondary N) is 2. The van der Waals surface area contributed by atoms with Crippen LogP contribution in [0.1, 0.15) is 16.8 Å². The van der Waals surface area contributed by atoms with Gasteiger partial charge in [0.1, 0.15) is 11.5 Å². The van der Waals surface area contributed by atoms with Gasteiger partial charge >= 0.3 is 0 Å². The molecule has 21 heavy (non-hydrogen) atoms. The lowest BCUT2D eigenvalue weighted by atomic mass is 10.2. The van der Waals surface area contributed by atoms with Gasteiger partial charge in [0.2, 0.25) is 0 Å². The van der Waals surface area contributed by atoms with E-state index in [4.69, 9.17) is 15.9 Å². The summed E-state index contributed by atoms with van der Waals surface area (Å²) in [6.45, 7) is 0.345. The average Bonchev–Trinajstić information content (AvgIpc) is 2.48. The molecule has 0 atom stereocenters. The number of rotatable bonds is 6. The monoisotopic (exact) mass is 283 g/mol. The molecular weight excluding hydrogens is 266 g/mol. The fraction of sp³-hybridized carbons (Fsp3) is 0.125. The minimum atomic E-state index is -0.213. The first-order valence-electron chi connectivity index (χ1n) is 6.59. The Morgan fingerprint density at radius 2 is 1.81 bits per heavy atom. The lowest BCUT2D eigenvalue weighted by molar-refractivity contribution is 0.0954. The molecule has 0 saturated heterocycles. The summed E-state index contributed by atoms with van der Waals surface area (Å²) >= 11 is 0. The molecule has 0 unspecified atom stereocenters. The zero-order chi connectivity index (χ0) is 15.1. The van der Waals surface area contributed by atoms with Gasteiger partial charge in [0.15, 0.2) is 0 Å². The smallest absolute Gasteiger partial charge is 0.251 e. The van der Waals surface area contributed by atoms with Crippen molar-refractivity contribution >= 4 is 11.7 Å². The number of para-hydroxylation sites is 1. The molecule has 108 valence electrons. The molecule has 0 aromatic heterocycles. The van der Waals surface area contributed by atoms with Crippen LogP contribution in [0, 0.1) is 5.41 Å². The largest absolute Gasteiger partial charge is 0.457 e. The quantitative estimate of drug-likeness (QED) is 0.562. The van der Waals surface area contributed by atoms with Crippen molar-refractivity contribution in [1.82, 2.24) is 5.32 Å². The molecule has 0 spiro atoms. The molecule has 0 heterocycles. The lowest BCUT2D eigenvalue weighted by Crippen LogP contribution is -2.27. The molecule has 5 nitrogen and oxygen atoms in total. The number of hydrogen-bond donors (Lipinski definition) is 3. The van der Waals surface area contributed by atoms with Gasteiger partial charge in [-0.15, -0.1) is 0 Å². The number of amidine groups is 1. The van der Waals surface area contributed by atoms with Crippen molar-refractivity contribution < 1.29 is 9.53 Å². The number of ether oxygens (including phenoxy) is 1. The first kappa shape index (κ1) is 14.6. The third-order valence-corrected chi connectivity index (χ3v) is 2.76. The van der Waals surface area contributed by atoms with Crippen molar-refractivity contribution in [3.63, 3.8) is 0 Å². The molecule has 0 radical (unpaired) electrons. The molecule has 1 amide bonds. The molecular formula is C16H17N3O2. The van der Waals surface area contributed by atoms with Gasteiger partial charge in [-0.1, -0.05) is 24.3 Å². The van der Waals surface area contributed by atoms with Crippen LogP contribution in [-0.2, 0) is 0 Å². The van der Waals surface area contributed by atoms with Crippen LogP contribution < -0.4 is 15.8 Å².